The van der Waals surface area contributed by atoms with Crippen molar-refractivity contribution in [3.05, 3.63) is 89.5 Å². The molecule has 3 N–H and O–H groups in total. The summed E-state index contributed by atoms with van der Waals surface area (Å²) in [5, 5.41) is 18.3. The fourth-order valence-corrected chi connectivity index (χ4v) is 8.43. The molecule has 1 aliphatic rings. The Morgan fingerprint density at radius 2 is 1.33 bits per heavy atom. The van der Waals surface area contributed by atoms with Gasteiger partial charge in [-0.15, -0.1) is 11.8 Å². The molecule has 0 unspecified atom stereocenters. The van der Waals surface area contributed by atoms with Crippen LogP contribution in [0.4, 0.5) is 21.9 Å². The third-order valence-electron chi connectivity index (χ3n) is 10.5. The monoisotopic (exact) mass is 806 g/mol. The summed E-state index contributed by atoms with van der Waals surface area (Å²) in [6.07, 6.45) is 15.2. The fourth-order valence-electron chi connectivity index (χ4n) is 7.22. The normalized spacial score (nSPS) is 12.2. The Hall–Kier alpha value is -5.16. The van der Waals surface area contributed by atoms with Crippen LogP contribution in [-0.2, 0) is 4.79 Å². The Bertz CT molecular complexity index is 2070. The van der Waals surface area contributed by atoms with Gasteiger partial charge >= 0.3 is 6.03 Å². The van der Waals surface area contributed by atoms with Gasteiger partial charge in [-0.25, -0.2) is 4.79 Å². The molecule has 0 saturated heterocycles. The third-order valence-corrected chi connectivity index (χ3v) is 11.6. The topological polar surface area (TPSA) is 136 Å². The zero-order valence-corrected chi connectivity index (χ0v) is 35.1. The predicted octanol–water partition coefficient (Wildman–Crippen LogP) is 12.0. The Kier molecular flexibility index (Phi) is 16.8. The van der Waals surface area contributed by atoms with Crippen LogP contribution in [0.5, 0.6) is 5.75 Å². The van der Waals surface area contributed by atoms with Crippen molar-refractivity contribution in [1.82, 2.24) is 4.90 Å². The molecule has 0 saturated carbocycles. The number of urea groups is 1. The molecular formula is C47H58N4O6S. The van der Waals surface area contributed by atoms with E-state index in [-0.39, 0.29) is 34.9 Å². The number of carbonyl (C=O) groups excluding carboxylic acids is 5. The number of para-hydroxylation sites is 1. The summed E-state index contributed by atoms with van der Waals surface area (Å²) < 4.78 is 0. The van der Waals surface area contributed by atoms with E-state index in [9.17, 15) is 29.1 Å². The van der Waals surface area contributed by atoms with Crippen LogP contribution in [0.25, 0.3) is 10.8 Å². The number of nitrogens with one attached hydrogen (secondary N) is 2. The number of phenols is 1. The first kappa shape index (κ1) is 44.0. The van der Waals surface area contributed by atoms with Gasteiger partial charge in [0, 0.05) is 40.0 Å². The molecule has 1 aliphatic heterocycles. The molecule has 0 aromatic heterocycles. The van der Waals surface area contributed by atoms with Crippen LogP contribution in [0.2, 0.25) is 0 Å². The number of rotatable bonds is 22. The Morgan fingerprint density at radius 1 is 0.672 bits per heavy atom. The van der Waals surface area contributed by atoms with Crippen LogP contribution in [-0.4, -0.2) is 52.0 Å². The molecular weight excluding hydrogens is 749 g/mol. The van der Waals surface area contributed by atoms with Crippen molar-refractivity contribution in [2.24, 2.45) is 0 Å². The van der Waals surface area contributed by atoms with Crippen molar-refractivity contribution in [3.8, 4) is 5.75 Å². The largest absolute Gasteiger partial charge is 0.506 e. The number of carbonyl (C=O) groups is 5. The average Bonchev–Trinajstić information content (AvgIpc) is 3.47. The van der Waals surface area contributed by atoms with Crippen LogP contribution in [0, 0.1) is 0 Å². The van der Waals surface area contributed by atoms with Crippen molar-refractivity contribution in [2.75, 3.05) is 27.8 Å². The number of anilines is 3. The van der Waals surface area contributed by atoms with E-state index in [1.807, 2.05) is 25.1 Å². The van der Waals surface area contributed by atoms with Gasteiger partial charge in [0.15, 0.2) is 0 Å². The van der Waals surface area contributed by atoms with Crippen LogP contribution in [0.3, 0.4) is 0 Å². The quantitative estimate of drug-likeness (QED) is 0.0408. The standard InChI is InChI=1S/C47H58N4O6S/c1-4-7-10-11-12-13-14-15-16-20-26-41(52)48-34-27-28-35-37(31-34)46(56)51(45(35)55)47(57)50(29-8-5-2)39-25-21-24-36-42(39)40(58-30-9-6-3)32-38(43(36)53)44(54)49-33-22-18-17-19-23-33/h17-19,21-25,27-28,31-32,53H,4-16,20,26,29-30H2,1-3H3,(H,48,52)(H,49,54). The lowest BCUT2D eigenvalue weighted by Gasteiger charge is -2.28. The predicted molar refractivity (Wildman–Crippen MR) is 235 cm³/mol. The zero-order valence-electron chi connectivity index (χ0n) is 34.2. The molecule has 58 heavy (non-hydrogen) atoms. The molecule has 0 fully saturated rings. The van der Waals surface area contributed by atoms with Crippen molar-refractivity contribution in [1.29, 1.82) is 0 Å². The van der Waals surface area contributed by atoms with E-state index in [1.54, 1.807) is 42.5 Å². The molecule has 11 heteroatoms. The van der Waals surface area contributed by atoms with Gasteiger partial charge in [0.25, 0.3) is 17.7 Å². The van der Waals surface area contributed by atoms with E-state index < -0.39 is 23.8 Å². The lowest BCUT2D eigenvalue weighted by atomic mass is 10.0. The second-order valence-electron chi connectivity index (χ2n) is 15.0. The van der Waals surface area contributed by atoms with E-state index in [2.05, 4.69) is 24.5 Å². The van der Waals surface area contributed by atoms with E-state index in [0.29, 0.717) is 50.5 Å². The fraction of sp³-hybridized carbons (Fsp3) is 0.426. The number of benzene rings is 4. The van der Waals surface area contributed by atoms with Gasteiger partial charge in [-0.1, -0.05) is 122 Å². The maximum absolute atomic E-state index is 14.6. The molecule has 6 amide bonds. The second kappa shape index (κ2) is 22.1. The number of unbranched alkanes of at least 4 members (excludes halogenated alkanes) is 11. The van der Waals surface area contributed by atoms with Gasteiger partial charge in [-0.2, -0.15) is 4.90 Å². The minimum Gasteiger partial charge on any atom is -0.506 e. The first-order chi connectivity index (χ1) is 28.2. The molecule has 0 atom stereocenters. The van der Waals surface area contributed by atoms with Crippen LogP contribution < -0.4 is 15.5 Å². The molecule has 4 aromatic carbocycles. The lowest BCUT2D eigenvalue weighted by molar-refractivity contribution is -0.116. The van der Waals surface area contributed by atoms with E-state index >= 15 is 0 Å². The minimum atomic E-state index is -0.811. The summed E-state index contributed by atoms with van der Waals surface area (Å²) in [5.41, 5.74) is 1.60. The second-order valence-corrected chi connectivity index (χ2v) is 16.1. The van der Waals surface area contributed by atoms with Gasteiger partial charge in [0.1, 0.15) is 5.75 Å². The summed E-state index contributed by atoms with van der Waals surface area (Å²) >= 11 is 1.52. The van der Waals surface area contributed by atoms with Gasteiger partial charge in [0.05, 0.1) is 22.4 Å². The number of hydrogen-bond donors (Lipinski definition) is 3. The smallest absolute Gasteiger partial charge is 0.338 e. The molecule has 0 aliphatic carbocycles. The Labute approximate surface area is 347 Å². The summed E-state index contributed by atoms with van der Waals surface area (Å²) in [5.74, 6) is -1.66. The number of amides is 6. The van der Waals surface area contributed by atoms with Gasteiger partial charge in [-0.3, -0.25) is 24.1 Å². The summed E-state index contributed by atoms with van der Waals surface area (Å²) in [6.45, 7) is 6.48. The molecule has 308 valence electrons. The van der Waals surface area contributed by atoms with Crippen LogP contribution in [0.15, 0.2) is 77.7 Å². The summed E-state index contributed by atoms with van der Waals surface area (Å²) in [7, 11) is 0. The number of fused-ring (bicyclic) bond motifs is 2. The van der Waals surface area contributed by atoms with Crippen molar-refractivity contribution in [2.45, 2.75) is 122 Å². The van der Waals surface area contributed by atoms with E-state index in [4.69, 9.17) is 0 Å². The Morgan fingerprint density at radius 3 is 2.02 bits per heavy atom. The average molecular weight is 807 g/mol. The van der Waals surface area contributed by atoms with Crippen molar-refractivity contribution < 1.29 is 29.1 Å². The van der Waals surface area contributed by atoms with E-state index in [1.165, 1.54) is 73.7 Å². The zero-order chi connectivity index (χ0) is 41.4. The Balaban J connectivity index is 1.35. The first-order valence-electron chi connectivity index (χ1n) is 21.1. The number of thioether (sulfide) groups is 1. The molecule has 0 bridgehead atoms. The molecule has 5 rings (SSSR count). The highest BCUT2D eigenvalue weighted by Gasteiger charge is 2.43. The SMILES string of the molecule is CCCCCCCCCCCCC(=O)Nc1ccc2c(c1)C(=O)N(C(=O)N(CCCC)c1cccc3c(O)c(C(=O)Nc4ccccc4)cc(SCCCC)c13)C2=O. The highest BCUT2D eigenvalue weighted by Crippen LogP contribution is 2.43. The maximum atomic E-state index is 14.6. The number of phenolic OH excluding ortho intramolecular Hbond substituents is 1. The molecule has 10 nitrogen and oxygen atoms in total. The molecule has 0 spiro atoms. The van der Waals surface area contributed by atoms with Gasteiger partial charge in [0.2, 0.25) is 5.91 Å². The molecule has 0 radical (unpaired) electrons. The number of nitrogens with zero attached hydrogens (tertiary/aromatic N) is 2. The van der Waals surface area contributed by atoms with Crippen molar-refractivity contribution >= 4 is 69.3 Å². The van der Waals surface area contributed by atoms with Crippen LogP contribution in [0.1, 0.15) is 148 Å². The summed E-state index contributed by atoms with van der Waals surface area (Å²) in [6, 6.07) is 19.5. The van der Waals surface area contributed by atoms with Gasteiger partial charge in [-0.05, 0) is 67.5 Å². The maximum Gasteiger partial charge on any atom is 0.338 e. The highest BCUT2D eigenvalue weighted by molar-refractivity contribution is 7.99. The van der Waals surface area contributed by atoms with Crippen LogP contribution >= 0.6 is 11.8 Å². The van der Waals surface area contributed by atoms with Crippen molar-refractivity contribution in [3.63, 3.8) is 0 Å². The number of hydrogen-bond acceptors (Lipinski definition) is 7. The molecule has 1 heterocycles. The lowest BCUT2D eigenvalue weighted by Crippen LogP contribution is -2.46. The minimum absolute atomic E-state index is 0.0472. The van der Waals surface area contributed by atoms with E-state index in [0.717, 1.165) is 44.3 Å². The number of aromatic hydroxyl groups is 1. The number of imide groups is 3. The molecule has 4 aromatic rings. The highest BCUT2D eigenvalue weighted by atomic mass is 32.2. The summed E-state index contributed by atoms with van der Waals surface area (Å²) in [4.78, 5) is 71.5. The van der Waals surface area contributed by atoms with Gasteiger partial charge < -0.3 is 15.7 Å². The third kappa shape index (κ3) is 11.1. The first-order valence-corrected chi connectivity index (χ1v) is 22.1.